The fourth-order valence-electron chi connectivity index (χ4n) is 5.77. The highest BCUT2D eigenvalue weighted by molar-refractivity contribution is 7.86. The molecule has 7 aromatic rings. The minimum absolute atomic E-state index is 0.0372. The smallest absolute Gasteiger partial charge is 0.296 e. The van der Waals surface area contributed by atoms with Crippen molar-refractivity contribution in [2.24, 2.45) is 30.7 Å². The number of nitrogen functional groups attached to an aromatic ring is 1. The summed E-state index contributed by atoms with van der Waals surface area (Å²) in [6, 6.07) is 27.4. The lowest BCUT2D eigenvalue weighted by molar-refractivity contribution is 0.472. The van der Waals surface area contributed by atoms with Crippen molar-refractivity contribution in [3.63, 3.8) is 0 Å². The van der Waals surface area contributed by atoms with Gasteiger partial charge in [-0.25, -0.2) is 0 Å². The molecule has 0 atom stereocenters. The summed E-state index contributed by atoms with van der Waals surface area (Å²) in [6.07, 6.45) is 0. The molecule has 0 aliphatic carbocycles. The van der Waals surface area contributed by atoms with Gasteiger partial charge in [-0.15, -0.1) is 25.6 Å². The highest BCUT2D eigenvalue weighted by atomic mass is 32.2. The summed E-state index contributed by atoms with van der Waals surface area (Å²) in [6.45, 7) is 0. The van der Waals surface area contributed by atoms with Gasteiger partial charge in [0.1, 0.15) is 10.6 Å². The molecule has 56 heavy (non-hydrogen) atoms. The van der Waals surface area contributed by atoms with Gasteiger partial charge in [-0.05, 0) is 84.2 Å². The van der Waals surface area contributed by atoms with E-state index in [9.17, 15) is 44.0 Å². The van der Waals surface area contributed by atoms with Crippen LogP contribution in [-0.4, -0.2) is 44.0 Å². The van der Waals surface area contributed by atoms with E-state index in [-0.39, 0.29) is 49.2 Å². The Hall–Kier alpha value is -6.55. The minimum atomic E-state index is -4.95. The molecule has 6 N–H and O–H groups in total. The van der Waals surface area contributed by atoms with Gasteiger partial charge in [0.25, 0.3) is 30.4 Å². The Morgan fingerprint density at radius 3 is 1.55 bits per heavy atom. The quantitative estimate of drug-likeness (QED) is 0.0519. The number of fused-ring (bicyclic) bond motifs is 3. The second kappa shape index (κ2) is 14.3. The predicted octanol–water partition coefficient (Wildman–Crippen LogP) is 9.42. The highest BCUT2D eigenvalue weighted by Gasteiger charge is 2.23. The first kappa shape index (κ1) is 37.8. The molecular weight excluding hydrogens is 787 g/mol. The molecule has 0 aromatic heterocycles. The molecule has 0 bridgehead atoms. The molecule has 0 heterocycles. The first-order valence-corrected chi connectivity index (χ1v) is 20.2. The van der Waals surface area contributed by atoms with Crippen LogP contribution in [0.15, 0.2) is 161 Å². The van der Waals surface area contributed by atoms with Crippen LogP contribution in [0.4, 0.5) is 39.8 Å². The fraction of sp³-hybridized carbons (Fsp3) is 0. The standard InChI is InChI=1S/C36H25N7O10S3/c37-21-8-10-25-20(16-21)17-34(56(51,52)53)35(36(25)44)43-42-33-15-14-32(28-11-9-24(19-29(28)33)55(48,49)50)41-40-31-13-12-30(26-6-1-2-7-27(26)31)39-38-22-4-3-5-23(18-22)54(45,46)47/h1-19,44H,37H2,(H,45,46,47)(H,48,49,50)(H,51,52,53). The zero-order valence-electron chi connectivity index (χ0n) is 28.2. The molecule has 7 aromatic carbocycles. The third-order valence-corrected chi connectivity index (χ3v) is 10.9. The van der Waals surface area contributed by atoms with Gasteiger partial charge in [0.15, 0.2) is 5.75 Å². The largest absolute Gasteiger partial charge is 0.505 e. The first-order valence-electron chi connectivity index (χ1n) is 15.9. The summed E-state index contributed by atoms with van der Waals surface area (Å²) in [5.74, 6) is -0.627. The van der Waals surface area contributed by atoms with E-state index in [2.05, 4.69) is 30.7 Å². The number of phenolic OH excluding ortho intramolecular Hbond substituents is 1. The molecular formula is C36H25N7O10S3. The van der Waals surface area contributed by atoms with Gasteiger partial charge in [0, 0.05) is 32.6 Å². The maximum atomic E-state index is 12.3. The number of hydrogen-bond donors (Lipinski definition) is 5. The van der Waals surface area contributed by atoms with Crippen LogP contribution in [0.3, 0.4) is 0 Å². The van der Waals surface area contributed by atoms with Crippen LogP contribution >= 0.6 is 0 Å². The number of nitrogens with zero attached hydrogens (tertiary/aromatic N) is 6. The Morgan fingerprint density at radius 2 is 0.964 bits per heavy atom. The number of benzene rings is 7. The predicted molar refractivity (Wildman–Crippen MR) is 206 cm³/mol. The minimum Gasteiger partial charge on any atom is -0.505 e. The van der Waals surface area contributed by atoms with Crippen LogP contribution in [0.1, 0.15) is 0 Å². The Morgan fingerprint density at radius 1 is 0.446 bits per heavy atom. The van der Waals surface area contributed by atoms with Gasteiger partial charge >= 0.3 is 0 Å². The molecule has 7 rings (SSSR count). The molecule has 0 aliphatic rings. The summed E-state index contributed by atoms with van der Waals surface area (Å²) in [7, 11) is -14.1. The van der Waals surface area contributed by atoms with E-state index in [0.717, 1.165) is 18.2 Å². The van der Waals surface area contributed by atoms with Crippen molar-refractivity contribution in [3.8, 4) is 5.75 Å². The molecule has 17 nitrogen and oxygen atoms in total. The van der Waals surface area contributed by atoms with Gasteiger partial charge in [-0.1, -0.05) is 36.4 Å². The van der Waals surface area contributed by atoms with Gasteiger partial charge in [-0.3, -0.25) is 13.7 Å². The van der Waals surface area contributed by atoms with E-state index in [0.29, 0.717) is 22.1 Å². The Labute approximate surface area is 317 Å². The summed E-state index contributed by atoms with van der Waals surface area (Å²) in [5, 5.41) is 38.2. The van der Waals surface area contributed by atoms with Crippen LogP contribution in [0.25, 0.3) is 32.3 Å². The molecule has 0 aliphatic heterocycles. The van der Waals surface area contributed by atoms with Gasteiger partial charge in [-0.2, -0.15) is 30.4 Å². The lowest BCUT2D eigenvalue weighted by Gasteiger charge is -2.10. The Bertz CT molecular complexity index is 3210. The van der Waals surface area contributed by atoms with Crippen LogP contribution in [0, 0.1) is 0 Å². The first-order chi connectivity index (χ1) is 26.5. The summed E-state index contributed by atoms with van der Waals surface area (Å²) >= 11 is 0. The summed E-state index contributed by atoms with van der Waals surface area (Å²) in [4.78, 5) is -1.61. The molecule has 0 unspecified atom stereocenters. The molecule has 282 valence electrons. The van der Waals surface area contributed by atoms with Crippen molar-refractivity contribution in [1.82, 2.24) is 0 Å². The number of azo groups is 3. The average Bonchev–Trinajstić information content (AvgIpc) is 3.15. The summed E-state index contributed by atoms with van der Waals surface area (Å²) < 4.78 is 101. The third kappa shape index (κ3) is 7.68. The Balaban J connectivity index is 1.30. The lowest BCUT2D eigenvalue weighted by Crippen LogP contribution is -1.99. The van der Waals surface area contributed by atoms with Crippen molar-refractivity contribution in [2.75, 3.05) is 5.73 Å². The monoisotopic (exact) mass is 811 g/mol. The van der Waals surface area contributed by atoms with E-state index < -0.39 is 51.6 Å². The average molecular weight is 812 g/mol. The van der Waals surface area contributed by atoms with Crippen molar-refractivity contribution >= 4 is 102 Å². The number of anilines is 1. The molecule has 0 radical (unpaired) electrons. The van der Waals surface area contributed by atoms with Crippen molar-refractivity contribution in [2.45, 2.75) is 14.7 Å². The van der Waals surface area contributed by atoms with Crippen molar-refractivity contribution in [1.29, 1.82) is 0 Å². The maximum absolute atomic E-state index is 12.3. The number of rotatable bonds is 9. The van der Waals surface area contributed by atoms with Gasteiger partial charge in [0.05, 0.1) is 38.2 Å². The van der Waals surface area contributed by atoms with Crippen LogP contribution in [0.5, 0.6) is 5.75 Å². The van der Waals surface area contributed by atoms with Crippen LogP contribution in [-0.2, 0) is 30.4 Å². The fourth-order valence-corrected chi connectivity index (χ4v) is 7.45. The maximum Gasteiger partial charge on any atom is 0.296 e. The number of hydrogen-bond acceptors (Lipinski definition) is 14. The van der Waals surface area contributed by atoms with Gasteiger partial charge < -0.3 is 10.8 Å². The number of nitrogens with two attached hydrogens (primary N) is 1. The van der Waals surface area contributed by atoms with E-state index in [1.807, 2.05) is 0 Å². The molecule has 0 fully saturated rings. The highest BCUT2D eigenvalue weighted by Crippen LogP contribution is 2.43. The molecule has 0 amide bonds. The van der Waals surface area contributed by atoms with Crippen molar-refractivity contribution in [3.05, 3.63) is 115 Å². The second-order valence-electron chi connectivity index (χ2n) is 12.0. The van der Waals surface area contributed by atoms with E-state index >= 15 is 0 Å². The lowest BCUT2D eigenvalue weighted by atomic mass is 10.1. The molecule has 0 saturated carbocycles. The molecule has 0 saturated heterocycles. The van der Waals surface area contributed by atoms with Crippen molar-refractivity contribution < 1.29 is 44.0 Å². The normalized spacial score (nSPS) is 12.9. The van der Waals surface area contributed by atoms with Crippen LogP contribution < -0.4 is 5.73 Å². The second-order valence-corrected chi connectivity index (χ2v) is 16.3. The van der Waals surface area contributed by atoms with Crippen LogP contribution in [0.2, 0.25) is 0 Å². The SMILES string of the molecule is Nc1ccc2c(O)c(N=Nc3ccc(N=Nc4ccc(N=Nc5cccc(S(=O)(=O)O)c5)c5ccccc45)c4ccc(S(=O)(=O)O)cc34)c(S(=O)(=O)O)cc2c1. The topological polar surface area (TPSA) is 284 Å². The zero-order chi connectivity index (χ0) is 40.0. The Kier molecular flexibility index (Phi) is 9.62. The zero-order valence-corrected chi connectivity index (χ0v) is 30.6. The third-order valence-electron chi connectivity index (χ3n) is 8.38. The molecule has 0 spiro atoms. The van der Waals surface area contributed by atoms with E-state index in [1.165, 1.54) is 60.7 Å². The van der Waals surface area contributed by atoms with Gasteiger partial charge in [0.2, 0.25) is 0 Å². The summed E-state index contributed by atoms with van der Waals surface area (Å²) in [5.41, 5.74) is 6.63. The molecule has 20 heteroatoms. The number of aromatic hydroxyl groups is 1. The number of phenols is 1. The van der Waals surface area contributed by atoms with E-state index in [1.54, 1.807) is 36.4 Å². The van der Waals surface area contributed by atoms with E-state index in [4.69, 9.17) is 5.73 Å².